The Morgan fingerprint density at radius 2 is 1.79 bits per heavy atom. The molecular formula is C18H18N4O2. The zero-order valence-corrected chi connectivity index (χ0v) is 13.6. The molecular weight excluding hydrogens is 304 g/mol. The normalized spacial score (nSPS) is 9.88. The lowest BCUT2D eigenvalue weighted by Gasteiger charge is -2.18. The molecule has 1 aromatic carbocycles. The van der Waals surface area contributed by atoms with Crippen molar-refractivity contribution in [3.8, 4) is 6.07 Å². The molecule has 0 atom stereocenters. The summed E-state index contributed by atoms with van der Waals surface area (Å²) in [6, 6.07) is 13.4. The van der Waals surface area contributed by atoms with Crippen LogP contribution >= 0.6 is 0 Å². The third-order valence-corrected chi connectivity index (χ3v) is 3.50. The minimum Gasteiger partial charge on any atom is -0.338 e. The molecule has 0 saturated heterocycles. The van der Waals surface area contributed by atoms with Crippen molar-refractivity contribution >= 4 is 17.5 Å². The van der Waals surface area contributed by atoms with E-state index >= 15 is 0 Å². The van der Waals surface area contributed by atoms with Crippen LogP contribution in [0.5, 0.6) is 0 Å². The standard InChI is InChI=1S/C18H18N4O2/c1-3-22(4-2)18(24)16-10-6-9-15(21-16)17(23)20-14-8-5-7-13(11-14)12-19/h5-11H,3-4H2,1-2H3,(H,20,23). The minimum atomic E-state index is -0.431. The number of rotatable bonds is 5. The van der Waals surface area contributed by atoms with Crippen molar-refractivity contribution < 1.29 is 9.59 Å². The van der Waals surface area contributed by atoms with E-state index in [2.05, 4.69) is 10.3 Å². The van der Waals surface area contributed by atoms with E-state index < -0.39 is 5.91 Å². The number of carbonyl (C=O) groups excluding carboxylic acids is 2. The fourth-order valence-corrected chi connectivity index (χ4v) is 2.21. The van der Waals surface area contributed by atoms with Gasteiger partial charge in [-0.15, -0.1) is 0 Å². The predicted octanol–water partition coefficient (Wildman–Crippen LogP) is 2.69. The van der Waals surface area contributed by atoms with E-state index in [4.69, 9.17) is 5.26 Å². The zero-order valence-electron chi connectivity index (χ0n) is 13.6. The van der Waals surface area contributed by atoms with Gasteiger partial charge in [-0.25, -0.2) is 4.98 Å². The van der Waals surface area contributed by atoms with Crippen molar-refractivity contribution in [2.45, 2.75) is 13.8 Å². The Bertz CT molecular complexity index is 792. The number of hydrogen-bond acceptors (Lipinski definition) is 4. The van der Waals surface area contributed by atoms with Crippen molar-refractivity contribution in [1.82, 2.24) is 9.88 Å². The number of amides is 2. The van der Waals surface area contributed by atoms with Crippen LogP contribution in [0.3, 0.4) is 0 Å². The Kier molecular flexibility index (Phi) is 5.63. The van der Waals surface area contributed by atoms with Crippen LogP contribution in [-0.2, 0) is 0 Å². The lowest BCUT2D eigenvalue weighted by molar-refractivity contribution is 0.0767. The lowest BCUT2D eigenvalue weighted by atomic mass is 10.2. The summed E-state index contributed by atoms with van der Waals surface area (Å²) in [5.41, 5.74) is 1.33. The van der Waals surface area contributed by atoms with E-state index in [-0.39, 0.29) is 17.3 Å². The second-order valence-electron chi connectivity index (χ2n) is 5.03. The molecule has 2 rings (SSSR count). The summed E-state index contributed by atoms with van der Waals surface area (Å²) in [6.45, 7) is 4.93. The first kappa shape index (κ1) is 17.2. The van der Waals surface area contributed by atoms with Gasteiger partial charge in [0.05, 0.1) is 11.6 Å². The van der Waals surface area contributed by atoms with Gasteiger partial charge in [-0.1, -0.05) is 12.1 Å². The number of carbonyl (C=O) groups is 2. The number of aromatic nitrogens is 1. The van der Waals surface area contributed by atoms with Crippen LogP contribution in [0.1, 0.15) is 40.4 Å². The van der Waals surface area contributed by atoms with E-state index in [1.165, 1.54) is 0 Å². The number of benzene rings is 1. The summed E-state index contributed by atoms with van der Waals surface area (Å²) in [5, 5.41) is 11.6. The Labute approximate surface area is 140 Å². The molecule has 0 unspecified atom stereocenters. The molecule has 1 N–H and O–H groups in total. The summed E-state index contributed by atoms with van der Waals surface area (Å²) in [4.78, 5) is 30.4. The van der Waals surface area contributed by atoms with Gasteiger partial charge in [-0.2, -0.15) is 5.26 Å². The number of nitrogens with one attached hydrogen (secondary N) is 1. The van der Waals surface area contributed by atoms with Crippen LogP contribution in [0.25, 0.3) is 0 Å². The smallest absolute Gasteiger partial charge is 0.274 e. The third-order valence-electron chi connectivity index (χ3n) is 3.50. The Morgan fingerprint density at radius 3 is 2.46 bits per heavy atom. The highest BCUT2D eigenvalue weighted by Crippen LogP contribution is 2.12. The maximum atomic E-state index is 12.3. The molecule has 6 heteroatoms. The molecule has 0 aliphatic carbocycles. The van der Waals surface area contributed by atoms with Crippen molar-refractivity contribution in [2.24, 2.45) is 0 Å². The number of pyridine rings is 1. The molecule has 0 spiro atoms. The van der Waals surface area contributed by atoms with Crippen LogP contribution < -0.4 is 5.32 Å². The highest BCUT2D eigenvalue weighted by Gasteiger charge is 2.16. The number of anilines is 1. The average Bonchev–Trinajstić information content (AvgIpc) is 2.63. The Hall–Kier alpha value is -3.20. The second-order valence-corrected chi connectivity index (χ2v) is 5.03. The van der Waals surface area contributed by atoms with Gasteiger partial charge in [0.15, 0.2) is 0 Å². The molecule has 24 heavy (non-hydrogen) atoms. The van der Waals surface area contributed by atoms with Crippen LogP contribution in [-0.4, -0.2) is 34.8 Å². The fraction of sp³-hybridized carbons (Fsp3) is 0.222. The predicted molar refractivity (Wildman–Crippen MR) is 90.6 cm³/mol. The molecule has 2 amide bonds. The summed E-state index contributed by atoms with van der Waals surface area (Å²) in [6.07, 6.45) is 0. The number of nitrogens with zero attached hydrogens (tertiary/aromatic N) is 3. The lowest BCUT2D eigenvalue weighted by Crippen LogP contribution is -2.31. The second kappa shape index (κ2) is 7.88. The largest absolute Gasteiger partial charge is 0.338 e. The Morgan fingerprint density at radius 1 is 1.12 bits per heavy atom. The van der Waals surface area contributed by atoms with E-state index in [9.17, 15) is 9.59 Å². The zero-order chi connectivity index (χ0) is 17.5. The number of hydrogen-bond donors (Lipinski definition) is 1. The van der Waals surface area contributed by atoms with E-state index in [0.717, 1.165) is 0 Å². The van der Waals surface area contributed by atoms with Gasteiger partial charge < -0.3 is 10.2 Å². The van der Waals surface area contributed by atoms with Crippen molar-refractivity contribution in [2.75, 3.05) is 18.4 Å². The van der Waals surface area contributed by atoms with E-state index in [0.29, 0.717) is 24.3 Å². The van der Waals surface area contributed by atoms with Crippen LogP contribution in [0.4, 0.5) is 5.69 Å². The number of nitriles is 1. The fourth-order valence-electron chi connectivity index (χ4n) is 2.21. The first-order chi connectivity index (χ1) is 11.6. The first-order valence-corrected chi connectivity index (χ1v) is 7.66. The summed E-state index contributed by atoms with van der Waals surface area (Å²) in [5.74, 6) is -0.639. The van der Waals surface area contributed by atoms with Crippen LogP contribution in [0, 0.1) is 11.3 Å². The van der Waals surface area contributed by atoms with Gasteiger partial charge in [-0.3, -0.25) is 9.59 Å². The maximum absolute atomic E-state index is 12.3. The van der Waals surface area contributed by atoms with Gasteiger partial charge in [0.2, 0.25) is 0 Å². The van der Waals surface area contributed by atoms with Crippen molar-refractivity contribution in [1.29, 1.82) is 5.26 Å². The van der Waals surface area contributed by atoms with Gasteiger partial charge >= 0.3 is 0 Å². The highest BCUT2D eigenvalue weighted by molar-refractivity contribution is 6.03. The SMILES string of the molecule is CCN(CC)C(=O)c1cccc(C(=O)Nc2cccc(C#N)c2)n1. The monoisotopic (exact) mass is 322 g/mol. The molecule has 0 aliphatic rings. The molecule has 6 nitrogen and oxygen atoms in total. The van der Waals surface area contributed by atoms with E-state index in [1.54, 1.807) is 47.4 Å². The summed E-state index contributed by atoms with van der Waals surface area (Å²) < 4.78 is 0. The molecule has 0 saturated carbocycles. The topological polar surface area (TPSA) is 86.1 Å². The summed E-state index contributed by atoms with van der Waals surface area (Å²) in [7, 11) is 0. The van der Waals surface area contributed by atoms with Gasteiger partial charge in [0, 0.05) is 18.8 Å². The minimum absolute atomic E-state index is 0.148. The Balaban J connectivity index is 2.20. The van der Waals surface area contributed by atoms with Crippen molar-refractivity contribution in [3.63, 3.8) is 0 Å². The molecule has 0 bridgehead atoms. The molecule has 0 radical (unpaired) electrons. The highest BCUT2D eigenvalue weighted by atomic mass is 16.2. The molecule has 0 aliphatic heterocycles. The van der Waals surface area contributed by atoms with E-state index in [1.807, 2.05) is 19.9 Å². The van der Waals surface area contributed by atoms with Crippen LogP contribution in [0.15, 0.2) is 42.5 Å². The van der Waals surface area contributed by atoms with Gasteiger partial charge in [0.25, 0.3) is 11.8 Å². The van der Waals surface area contributed by atoms with Gasteiger partial charge in [0.1, 0.15) is 11.4 Å². The first-order valence-electron chi connectivity index (χ1n) is 7.66. The third kappa shape index (κ3) is 3.96. The average molecular weight is 322 g/mol. The van der Waals surface area contributed by atoms with Crippen LogP contribution in [0.2, 0.25) is 0 Å². The quantitative estimate of drug-likeness (QED) is 0.917. The molecule has 122 valence electrons. The maximum Gasteiger partial charge on any atom is 0.274 e. The molecule has 1 aromatic heterocycles. The summed E-state index contributed by atoms with van der Waals surface area (Å²) >= 11 is 0. The molecule has 0 fully saturated rings. The van der Waals surface area contributed by atoms with Crippen molar-refractivity contribution in [3.05, 3.63) is 59.4 Å². The molecule has 2 aromatic rings. The van der Waals surface area contributed by atoms with Gasteiger partial charge in [-0.05, 0) is 44.2 Å². The molecule has 1 heterocycles.